The Labute approximate surface area is 145 Å². The van der Waals surface area contributed by atoms with Gasteiger partial charge in [0, 0.05) is 37.1 Å². The summed E-state index contributed by atoms with van der Waals surface area (Å²) in [7, 11) is 0. The van der Waals surface area contributed by atoms with Crippen molar-refractivity contribution in [3.05, 3.63) is 47.7 Å². The third kappa shape index (κ3) is 3.02. The number of benzene rings is 1. The quantitative estimate of drug-likeness (QED) is 0.793. The number of nitrogens with one attached hydrogen (secondary N) is 1. The second kappa shape index (κ2) is 6.33. The predicted octanol–water partition coefficient (Wildman–Crippen LogP) is 2.38. The van der Waals surface area contributed by atoms with Gasteiger partial charge in [-0.15, -0.1) is 0 Å². The van der Waals surface area contributed by atoms with Crippen LogP contribution in [0.1, 0.15) is 35.2 Å². The molecule has 1 aliphatic heterocycles. The SMILES string of the molecule is Cc1noc([C@H](C)N2CCN(C(=O)c3cc4ccccc4[nH]3)CC2)n1. The van der Waals surface area contributed by atoms with Crippen molar-refractivity contribution < 1.29 is 9.32 Å². The highest BCUT2D eigenvalue weighted by Gasteiger charge is 2.28. The molecule has 3 heterocycles. The van der Waals surface area contributed by atoms with Crippen molar-refractivity contribution in [1.29, 1.82) is 0 Å². The maximum Gasteiger partial charge on any atom is 0.270 e. The molecule has 1 atom stereocenters. The molecule has 0 saturated carbocycles. The van der Waals surface area contributed by atoms with Crippen LogP contribution < -0.4 is 0 Å². The van der Waals surface area contributed by atoms with Crippen molar-refractivity contribution in [1.82, 2.24) is 24.9 Å². The number of aryl methyl sites for hydroxylation is 1. The molecule has 1 fully saturated rings. The summed E-state index contributed by atoms with van der Waals surface area (Å²) in [5, 5.41) is 4.91. The molecule has 1 aromatic carbocycles. The number of para-hydroxylation sites is 1. The summed E-state index contributed by atoms with van der Waals surface area (Å²) in [6.07, 6.45) is 0. The lowest BCUT2D eigenvalue weighted by molar-refractivity contribution is 0.0547. The number of fused-ring (bicyclic) bond motifs is 1. The van der Waals surface area contributed by atoms with Crippen LogP contribution in [-0.4, -0.2) is 57.0 Å². The second-order valence-electron chi connectivity index (χ2n) is 6.45. The summed E-state index contributed by atoms with van der Waals surface area (Å²) in [6.45, 7) is 6.82. The van der Waals surface area contributed by atoms with Crippen LogP contribution in [0.25, 0.3) is 10.9 Å². The van der Waals surface area contributed by atoms with Crippen LogP contribution in [0.3, 0.4) is 0 Å². The number of carbonyl (C=O) groups is 1. The first-order valence-electron chi connectivity index (χ1n) is 8.53. The number of aromatic nitrogens is 3. The average Bonchev–Trinajstić information content (AvgIpc) is 3.26. The topological polar surface area (TPSA) is 78.3 Å². The lowest BCUT2D eigenvalue weighted by Gasteiger charge is -2.36. The number of hydrogen-bond donors (Lipinski definition) is 1. The van der Waals surface area contributed by atoms with Gasteiger partial charge in [0.2, 0.25) is 5.89 Å². The zero-order valence-corrected chi connectivity index (χ0v) is 14.4. The summed E-state index contributed by atoms with van der Waals surface area (Å²) in [5.41, 5.74) is 1.64. The van der Waals surface area contributed by atoms with Gasteiger partial charge in [-0.25, -0.2) is 0 Å². The predicted molar refractivity (Wildman–Crippen MR) is 93.2 cm³/mol. The van der Waals surface area contributed by atoms with Crippen molar-refractivity contribution in [3.63, 3.8) is 0 Å². The molecule has 25 heavy (non-hydrogen) atoms. The first-order chi connectivity index (χ1) is 12.1. The van der Waals surface area contributed by atoms with Crippen LogP contribution in [-0.2, 0) is 0 Å². The van der Waals surface area contributed by atoms with Gasteiger partial charge < -0.3 is 14.4 Å². The van der Waals surface area contributed by atoms with Gasteiger partial charge in [0.05, 0.1) is 6.04 Å². The number of piperazine rings is 1. The normalized spacial score (nSPS) is 17.1. The molecule has 7 nitrogen and oxygen atoms in total. The lowest BCUT2D eigenvalue weighted by atomic mass is 10.2. The van der Waals surface area contributed by atoms with E-state index >= 15 is 0 Å². The summed E-state index contributed by atoms with van der Waals surface area (Å²) in [6, 6.07) is 9.92. The highest BCUT2D eigenvalue weighted by Crippen LogP contribution is 2.21. The minimum atomic E-state index is 0.0529. The van der Waals surface area contributed by atoms with Crippen molar-refractivity contribution in [2.45, 2.75) is 19.9 Å². The Morgan fingerprint density at radius 3 is 2.68 bits per heavy atom. The first-order valence-corrected chi connectivity index (χ1v) is 8.53. The lowest BCUT2D eigenvalue weighted by Crippen LogP contribution is -2.49. The van der Waals surface area contributed by atoms with Gasteiger partial charge in [-0.2, -0.15) is 4.98 Å². The molecule has 1 amide bonds. The maximum absolute atomic E-state index is 12.8. The summed E-state index contributed by atoms with van der Waals surface area (Å²) in [4.78, 5) is 24.4. The van der Waals surface area contributed by atoms with Crippen molar-refractivity contribution in [2.75, 3.05) is 26.2 Å². The number of H-pyrrole nitrogens is 1. The van der Waals surface area contributed by atoms with Crippen LogP contribution in [0, 0.1) is 6.92 Å². The maximum atomic E-state index is 12.8. The molecule has 0 unspecified atom stereocenters. The van der Waals surface area contributed by atoms with E-state index in [-0.39, 0.29) is 11.9 Å². The fraction of sp³-hybridized carbons (Fsp3) is 0.389. The molecule has 0 radical (unpaired) electrons. The monoisotopic (exact) mass is 339 g/mol. The Kier molecular flexibility index (Phi) is 4.01. The van der Waals surface area contributed by atoms with Crippen LogP contribution in [0.5, 0.6) is 0 Å². The highest BCUT2D eigenvalue weighted by atomic mass is 16.5. The Bertz CT molecular complexity index is 859. The van der Waals surface area contributed by atoms with E-state index in [1.807, 2.05) is 42.2 Å². The average molecular weight is 339 g/mol. The number of rotatable bonds is 3. The van der Waals surface area contributed by atoms with Gasteiger partial charge in [0.1, 0.15) is 5.69 Å². The van der Waals surface area contributed by atoms with E-state index < -0.39 is 0 Å². The van der Waals surface area contributed by atoms with E-state index in [0.717, 1.165) is 24.0 Å². The van der Waals surface area contributed by atoms with Crippen molar-refractivity contribution in [3.8, 4) is 0 Å². The van der Waals surface area contributed by atoms with E-state index in [2.05, 4.69) is 26.9 Å². The minimum absolute atomic E-state index is 0.0529. The number of nitrogens with zero attached hydrogens (tertiary/aromatic N) is 4. The van der Waals surface area contributed by atoms with Crippen molar-refractivity contribution >= 4 is 16.8 Å². The number of carbonyl (C=O) groups excluding carboxylic acids is 1. The van der Waals surface area contributed by atoms with E-state index in [4.69, 9.17) is 4.52 Å². The highest BCUT2D eigenvalue weighted by molar-refractivity contribution is 5.98. The van der Waals surface area contributed by atoms with Gasteiger partial charge in [0.25, 0.3) is 5.91 Å². The molecule has 1 aliphatic rings. The molecular weight excluding hydrogens is 318 g/mol. The second-order valence-corrected chi connectivity index (χ2v) is 6.45. The standard InChI is InChI=1S/C18H21N5O2/c1-12(17-19-13(2)21-25-17)22-7-9-23(10-8-22)18(24)16-11-14-5-3-4-6-15(14)20-16/h3-6,11-12,20H,7-10H2,1-2H3/t12-/m0/s1. The van der Waals surface area contributed by atoms with Crippen LogP contribution in [0.4, 0.5) is 0 Å². The Morgan fingerprint density at radius 2 is 2.00 bits per heavy atom. The zero-order chi connectivity index (χ0) is 17.4. The molecule has 4 rings (SSSR count). The minimum Gasteiger partial charge on any atom is -0.351 e. The zero-order valence-electron chi connectivity index (χ0n) is 14.4. The van der Waals surface area contributed by atoms with E-state index in [1.165, 1.54) is 0 Å². The van der Waals surface area contributed by atoms with E-state index in [9.17, 15) is 4.79 Å². The number of hydrogen-bond acceptors (Lipinski definition) is 5. The Balaban J connectivity index is 1.41. The summed E-state index contributed by atoms with van der Waals surface area (Å²) < 4.78 is 5.27. The van der Waals surface area contributed by atoms with Crippen LogP contribution >= 0.6 is 0 Å². The molecular formula is C18H21N5O2. The van der Waals surface area contributed by atoms with Crippen LogP contribution in [0.15, 0.2) is 34.9 Å². The van der Waals surface area contributed by atoms with Crippen molar-refractivity contribution in [2.24, 2.45) is 0 Å². The molecule has 1 saturated heterocycles. The third-order valence-electron chi connectivity index (χ3n) is 4.81. The van der Waals surface area contributed by atoms with Gasteiger partial charge in [0.15, 0.2) is 5.82 Å². The van der Waals surface area contributed by atoms with Gasteiger partial charge in [-0.1, -0.05) is 23.4 Å². The molecule has 0 bridgehead atoms. The first kappa shape index (κ1) is 15.8. The van der Waals surface area contributed by atoms with Crippen LogP contribution in [0.2, 0.25) is 0 Å². The smallest absolute Gasteiger partial charge is 0.270 e. The molecule has 7 heteroatoms. The molecule has 3 aromatic rings. The van der Waals surface area contributed by atoms with Gasteiger partial charge in [-0.05, 0) is 26.0 Å². The number of aromatic amines is 1. The Hall–Kier alpha value is -2.67. The Morgan fingerprint density at radius 1 is 1.24 bits per heavy atom. The largest absolute Gasteiger partial charge is 0.351 e. The molecule has 130 valence electrons. The fourth-order valence-corrected chi connectivity index (χ4v) is 3.31. The van der Waals surface area contributed by atoms with Gasteiger partial charge >= 0.3 is 0 Å². The number of amides is 1. The molecule has 1 N–H and O–H groups in total. The molecule has 2 aromatic heterocycles. The fourth-order valence-electron chi connectivity index (χ4n) is 3.31. The summed E-state index contributed by atoms with van der Waals surface area (Å²) in [5.74, 6) is 1.33. The molecule has 0 aliphatic carbocycles. The van der Waals surface area contributed by atoms with E-state index in [1.54, 1.807) is 0 Å². The molecule has 0 spiro atoms. The van der Waals surface area contributed by atoms with Gasteiger partial charge in [-0.3, -0.25) is 9.69 Å². The summed E-state index contributed by atoms with van der Waals surface area (Å²) >= 11 is 0. The third-order valence-corrected chi connectivity index (χ3v) is 4.81. The van der Waals surface area contributed by atoms with E-state index in [0.29, 0.717) is 30.5 Å².